The number of carboxylic acids is 1. The van der Waals surface area contributed by atoms with Crippen molar-refractivity contribution in [3.63, 3.8) is 0 Å². The van der Waals surface area contributed by atoms with E-state index in [1.807, 2.05) is 0 Å². The van der Waals surface area contributed by atoms with Gasteiger partial charge >= 0.3 is 5.97 Å². The summed E-state index contributed by atoms with van der Waals surface area (Å²) in [5, 5.41) is 43.6. The average Bonchev–Trinajstić information content (AvgIpc) is 2.54. The molecule has 1 aromatic carbocycles. The zero-order valence-electron chi connectivity index (χ0n) is 12.9. The first-order valence-corrected chi connectivity index (χ1v) is 7.33. The highest BCUT2D eigenvalue weighted by Crippen LogP contribution is 2.23. The van der Waals surface area contributed by atoms with Crippen LogP contribution in [0.4, 0.5) is 5.69 Å². The van der Waals surface area contributed by atoms with Gasteiger partial charge in [0.1, 0.15) is 24.4 Å². The standard InChI is InChI=1S/C15H20N2O7/c1-7(19)16-11-13(21)12(20)10(6-18)24-14(11)17-9-4-2-8(3-5-9)15(22)23/h2-5,10-14,17-18,20-21H,6H2,1H3,(H,16,19)(H,22,23)/t10-,11+,12-,13-,14-/m1/s1. The lowest BCUT2D eigenvalue weighted by Gasteiger charge is -2.43. The largest absolute Gasteiger partial charge is 0.478 e. The molecule has 1 aromatic rings. The summed E-state index contributed by atoms with van der Waals surface area (Å²) in [4.78, 5) is 22.2. The lowest BCUT2D eigenvalue weighted by atomic mass is 9.95. The van der Waals surface area contributed by atoms with E-state index in [-0.39, 0.29) is 5.56 Å². The number of aromatic carboxylic acids is 1. The van der Waals surface area contributed by atoms with Gasteiger partial charge in [0.15, 0.2) is 6.23 Å². The van der Waals surface area contributed by atoms with E-state index in [1.54, 1.807) is 0 Å². The van der Waals surface area contributed by atoms with Crippen LogP contribution in [0.1, 0.15) is 17.3 Å². The first-order chi connectivity index (χ1) is 11.3. The Hall–Kier alpha value is -2.20. The topological polar surface area (TPSA) is 148 Å². The van der Waals surface area contributed by atoms with Gasteiger partial charge in [-0.25, -0.2) is 4.79 Å². The Morgan fingerprint density at radius 2 is 1.79 bits per heavy atom. The van der Waals surface area contributed by atoms with Crippen LogP contribution in [0, 0.1) is 0 Å². The SMILES string of the molecule is CC(=O)N[C@H]1[C@@H](O)[C@H](O)[C@@H](CO)O[C@H]1Nc1ccc(C(=O)O)cc1. The van der Waals surface area contributed by atoms with Crippen LogP contribution in [-0.2, 0) is 9.53 Å². The van der Waals surface area contributed by atoms with Crippen LogP contribution in [0.5, 0.6) is 0 Å². The van der Waals surface area contributed by atoms with Gasteiger partial charge in [-0.05, 0) is 24.3 Å². The fraction of sp³-hybridized carbons (Fsp3) is 0.467. The van der Waals surface area contributed by atoms with Gasteiger partial charge in [0.25, 0.3) is 0 Å². The summed E-state index contributed by atoms with van der Waals surface area (Å²) in [5.74, 6) is -1.49. The molecule has 9 nitrogen and oxygen atoms in total. The normalized spacial score (nSPS) is 29.8. The molecule has 1 saturated heterocycles. The predicted octanol–water partition coefficient (Wildman–Crippen LogP) is -1.26. The molecule has 132 valence electrons. The number of nitrogens with one attached hydrogen (secondary N) is 2. The van der Waals surface area contributed by atoms with Crippen LogP contribution in [0.15, 0.2) is 24.3 Å². The lowest BCUT2D eigenvalue weighted by molar-refractivity contribution is -0.188. The number of carbonyl (C=O) groups is 2. The van der Waals surface area contributed by atoms with E-state index in [1.165, 1.54) is 31.2 Å². The van der Waals surface area contributed by atoms with Crippen LogP contribution in [-0.4, -0.2) is 69.5 Å². The van der Waals surface area contributed by atoms with E-state index in [9.17, 15) is 24.9 Å². The summed E-state index contributed by atoms with van der Waals surface area (Å²) in [6.07, 6.45) is -4.67. The monoisotopic (exact) mass is 340 g/mol. The van der Waals surface area contributed by atoms with Gasteiger partial charge in [0.05, 0.1) is 12.2 Å². The number of anilines is 1. The molecular formula is C15H20N2O7. The molecule has 1 heterocycles. The van der Waals surface area contributed by atoms with Gasteiger partial charge < -0.3 is 35.8 Å². The Morgan fingerprint density at radius 1 is 1.17 bits per heavy atom. The minimum absolute atomic E-state index is 0.104. The molecule has 1 aliphatic rings. The number of carboxylic acid groups (broad SMARTS) is 1. The first kappa shape index (κ1) is 18.1. The Morgan fingerprint density at radius 3 is 2.29 bits per heavy atom. The number of carbonyl (C=O) groups excluding carboxylic acids is 1. The molecule has 1 aliphatic heterocycles. The van der Waals surface area contributed by atoms with Crippen LogP contribution in [0.2, 0.25) is 0 Å². The summed E-state index contributed by atoms with van der Waals surface area (Å²) in [6.45, 7) is 0.747. The highest BCUT2D eigenvalue weighted by Gasteiger charge is 2.44. The maximum Gasteiger partial charge on any atom is 0.335 e. The van der Waals surface area contributed by atoms with E-state index in [0.29, 0.717) is 5.69 Å². The smallest absolute Gasteiger partial charge is 0.335 e. The van der Waals surface area contributed by atoms with Crippen molar-refractivity contribution in [1.82, 2.24) is 5.32 Å². The predicted molar refractivity (Wildman–Crippen MR) is 82.4 cm³/mol. The number of aliphatic hydroxyl groups excluding tert-OH is 3. The minimum Gasteiger partial charge on any atom is -0.478 e. The number of ether oxygens (including phenoxy) is 1. The maximum atomic E-state index is 11.3. The molecule has 6 N–H and O–H groups in total. The summed E-state index contributed by atoms with van der Waals surface area (Å²) in [6, 6.07) is 4.82. The Bertz CT molecular complexity index is 592. The number of benzene rings is 1. The third-order valence-corrected chi connectivity index (χ3v) is 3.74. The van der Waals surface area contributed by atoms with Crippen LogP contribution in [0.3, 0.4) is 0 Å². The van der Waals surface area contributed by atoms with Gasteiger partial charge in [0.2, 0.25) is 5.91 Å². The molecule has 1 amide bonds. The Kier molecular flexibility index (Phi) is 5.73. The molecule has 2 rings (SSSR count). The summed E-state index contributed by atoms with van der Waals surface area (Å²) >= 11 is 0. The van der Waals surface area contributed by atoms with E-state index < -0.39 is 49.1 Å². The van der Waals surface area contributed by atoms with Gasteiger partial charge in [-0.15, -0.1) is 0 Å². The molecular weight excluding hydrogens is 320 g/mol. The van der Waals surface area contributed by atoms with Gasteiger partial charge in [-0.3, -0.25) is 4.79 Å². The summed E-state index contributed by atoms with van der Waals surface area (Å²) in [7, 11) is 0. The minimum atomic E-state index is -1.36. The molecule has 0 aliphatic carbocycles. The molecule has 0 saturated carbocycles. The van der Waals surface area contributed by atoms with Gasteiger partial charge in [-0.1, -0.05) is 0 Å². The lowest BCUT2D eigenvalue weighted by Crippen LogP contribution is -2.65. The van der Waals surface area contributed by atoms with Crippen molar-refractivity contribution in [1.29, 1.82) is 0 Å². The number of rotatable bonds is 5. The van der Waals surface area contributed by atoms with Gasteiger partial charge in [0, 0.05) is 12.6 Å². The summed E-state index contributed by atoms with van der Waals surface area (Å²) < 4.78 is 5.51. The number of aliphatic hydroxyl groups is 3. The molecule has 1 fully saturated rings. The second-order valence-electron chi connectivity index (χ2n) is 5.51. The summed E-state index contributed by atoms with van der Waals surface area (Å²) in [5.41, 5.74) is 0.591. The molecule has 5 atom stereocenters. The van der Waals surface area contributed by atoms with Crippen LogP contribution in [0.25, 0.3) is 0 Å². The first-order valence-electron chi connectivity index (χ1n) is 7.33. The van der Waals surface area contributed by atoms with Crippen molar-refractivity contribution < 1.29 is 34.8 Å². The molecule has 0 bridgehead atoms. The van der Waals surface area contributed by atoms with Crippen molar-refractivity contribution >= 4 is 17.6 Å². The van der Waals surface area contributed by atoms with E-state index >= 15 is 0 Å². The van der Waals surface area contributed by atoms with Crippen molar-refractivity contribution in [3.8, 4) is 0 Å². The molecule has 0 radical (unpaired) electrons. The fourth-order valence-corrected chi connectivity index (χ4v) is 2.51. The van der Waals surface area contributed by atoms with E-state index in [0.717, 1.165) is 0 Å². The number of hydrogen-bond donors (Lipinski definition) is 6. The highest BCUT2D eigenvalue weighted by atomic mass is 16.5. The van der Waals surface area contributed by atoms with Crippen molar-refractivity contribution in [2.45, 2.75) is 37.5 Å². The van der Waals surface area contributed by atoms with Crippen LogP contribution >= 0.6 is 0 Å². The molecule has 0 aromatic heterocycles. The maximum absolute atomic E-state index is 11.3. The second kappa shape index (κ2) is 7.58. The number of hydrogen-bond acceptors (Lipinski definition) is 7. The number of amides is 1. The van der Waals surface area contributed by atoms with Crippen molar-refractivity contribution in [2.24, 2.45) is 0 Å². The Balaban J connectivity index is 2.19. The molecule has 0 unspecified atom stereocenters. The zero-order chi connectivity index (χ0) is 17.9. The third-order valence-electron chi connectivity index (χ3n) is 3.74. The average molecular weight is 340 g/mol. The second-order valence-corrected chi connectivity index (χ2v) is 5.51. The fourth-order valence-electron chi connectivity index (χ4n) is 2.51. The third kappa shape index (κ3) is 4.01. The van der Waals surface area contributed by atoms with E-state index in [4.69, 9.17) is 9.84 Å². The Labute approximate surface area is 137 Å². The van der Waals surface area contributed by atoms with Crippen LogP contribution < -0.4 is 10.6 Å². The van der Waals surface area contributed by atoms with Crippen molar-refractivity contribution in [2.75, 3.05) is 11.9 Å². The molecule has 24 heavy (non-hydrogen) atoms. The molecule has 9 heteroatoms. The highest BCUT2D eigenvalue weighted by molar-refractivity contribution is 5.88. The zero-order valence-corrected chi connectivity index (χ0v) is 12.9. The van der Waals surface area contributed by atoms with E-state index in [2.05, 4.69) is 10.6 Å². The van der Waals surface area contributed by atoms with Gasteiger partial charge in [-0.2, -0.15) is 0 Å². The molecule has 0 spiro atoms. The quantitative estimate of drug-likeness (QED) is 0.389. The van der Waals surface area contributed by atoms with Crippen molar-refractivity contribution in [3.05, 3.63) is 29.8 Å².